The van der Waals surface area contributed by atoms with Crippen LogP contribution in [0, 0.1) is 13.8 Å². The molecule has 8 nitrogen and oxygen atoms in total. The number of nitrogens with one attached hydrogen (secondary N) is 3. The van der Waals surface area contributed by atoms with Crippen molar-refractivity contribution in [3.8, 4) is 11.5 Å². The van der Waals surface area contributed by atoms with Gasteiger partial charge in [0, 0.05) is 33.5 Å². The van der Waals surface area contributed by atoms with E-state index < -0.39 is 17.1 Å². The highest BCUT2D eigenvalue weighted by Gasteiger charge is 2.24. The second kappa shape index (κ2) is 16.3. The van der Waals surface area contributed by atoms with Crippen LogP contribution < -0.4 is 25.4 Å². The van der Waals surface area contributed by atoms with Crippen molar-refractivity contribution in [3.63, 3.8) is 0 Å². The summed E-state index contributed by atoms with van der Waals surface area (Å²) in [6.45, 7) is 3.93. The Morgan fingerprint density at radius 2 is 1.39 bits per heavy atom. The number of benzene rings is 5. The predicted molar refractivity (Wildman–Crippen MR) is 196 cm³/mol. The number of rotatable bonds is 12. The van der Waals surface area contributed by atoms with Gasteiger partial charge >= 0.3 is 0 Å². The fraction of sp³-hybridized carbons (Fsp3) is 0.125. The Morgan fingerprint density at radius 1 is 0.714 bits per heavy atom. The van der Waals surface area contributed by atoms with E-state index in [-0.39, 0.29) is 11.6 Å². The predicted octanol–water partition coefficient (Wildman–Crippen LogP) is 8.20. The summed E-state index contributed by atoms with van der Waals surface area (Å²) < 4.78 is 10.8. The van der Waals surface area contributed by atoms with Crippen LogP contribution in [-0.2, 0) is 9.59 Å². The fourth-order valence-corrected chi connectivity index (χ4v) is 6.20. The molecule has 3 N–H and O–H groups in total. The van der Waals surface area contributed by atoms with Crippen LogP contribution in [0.2, 0.25) is 0 Å². The minimum absolute atomic E-state index is 0.00511. The standard InChI is InChI=1S/C40H37N3O5S/c1-26-13-11-14-27(2)36(26)43-40(46)37(28-15-7-5-8-16-28)49-33-20-12-19-31(24-33)41-39(45)34(42-38(44)29-17-9-6-10-18-29)23-30-21-22-32(47-3)25-35(30)48-4/h5-25,37H,1-4H3,(H,41,45)(H,42,44)(H,43,46)/b34-23+. The minimum atomic E-state index is -0.575. The number of carbonyl (C=O) groups excluding carboxylic acids is 3. The summed E-state index contributed by atoms with van der Waals surface area (Å²) in [5, 5.41) is 8.24. The number of thioether (sulfide) groups is 1. The molecule has 248 valence electrons. The minimum Gasteiger partial charge on any atom is -0.497 e. The van der Waals surface area contributed by atoms with E-state index in [4.69, 9.17) is 9.47 Å². The van der Waals surface area contributed by atoms with E-state index in [0.717, 1.165) is 27.3 Å². The average Bonchev–Trinajstić information content (AvgIpc) is 3.12. The van der Waals surface area contributed by atoms with E-state index in [9.17, 15) is 14.4 Å². The molecule has 0 radical (unpaired) electrons. The van der Waals surface area contributed by atoms with E-state index in [2.05, 4.69) is 16.0 Å². The van der Waals surface area contributed by atoms with Crippen molar-refractivity contribution in [2.24, 2.45) is 0 Å². The largest absolute Gasteiger partial charge is 0.497 e. The number of carbonyl (C=O) groups is 3. The molecule has 0 saturated carbocycles. The van der Waals surface area contributed by atoms with E-state index in [1.165, 1.54) is 18.9 Å². The summed E-state index contributed by atoms with van der Waals surface area (Å²) in [5.74, 6) is -0.108. The Hall–Kier alpha value is -5.80. The van der Waals surface area contributed by atoms with Gasteiger partial charge in [-0.25, -0.2) is 0 Å². The van der Waals surface area contributed by atoms with Gasteiger partial charge in [-0.05, 0) is 79.1 Å². The van der Waals surface area contributed by atoms with Crippen molar-refractivity contribution in [1.29, 1.82) is 0 Å². The maximum Gasteiger partial charge on any atom is 0.272 e. The first-order valence-electron chi connectivity index (χ1n) is 15.6. The summed E-state index contributed by atoms with van der Waals surface area (Å²) in [5.41, 5.74) is 5.03. The Bertz CT molecular complexity index is 1960. The van der Waals surface area contributed by atoms with Crippen LogP contribution in [0.5, 0.6) is 11.5 Å². The molecule has 0 aliphatic rings. The fourth-order valence-electron chi connectivity index (χ4n) is 5.12. The normalized spacial score (nSPS) is 11.6. The molecule has 5 aromatic carbocycles. The van der Waals surface area contributed by atoms with Crippen molar-refractivity contribution in [2.45, 2.75) is 24.0 Å². The van der Waals surface area contributed by atoms with Gasteiger partial charge in [0.2, 0.25) is 5.91 Å². The molecule has 0 saturated heterocycles. The highest BCUT2D eigenvalue weighted by atomic mass is 32.2. The summed E-state index contributed by atoms with van der Waals surface area (Å²) in [6, 6.07) is 36.5. The zero-order valence-corrected chi connectivity index (χ0v) is 28.5. The second-order valence-electron chi connectivity index (χ2n) is 11.1. The number of ether oxygens (including phenoxy) is 2. The van der Waals surface area contributed by atoms with Gasteiger partial charge in [-0.1, -0.05) is 72.8 Å². The number of methoxy groups -OCH3 is 2. The summed E-state index contributed by atoms with van der Waals surface area (Å²) in [6.07, 6.45) is 1.55. The molecule has 0 spiro atoms. The summed E-state index contributed by atoms with van der Waals surface area (Å²) >= 11 is 1.37. The van der Waals surface area contributed by atoms with Crippen molar-refractivity contribution in [1.82, 2.24) is 5.32 Å². The van der Waals surface area contributed by atoms with Crippen LogP contribution in [0.15, 0.2) is 132 Å². The third-order valence-corrected chi connectivity index (χ3v) is 8.93. The van der Waals surface area contributed by atoms with Gasteiger partial charge in [0.1, 0.15) is 22.4 Å². The first-order chi connectivity index (χ1) is 23.7. The Labute approximate surface area is 290 Å². The molecule has 0 bridgehead atoms. The lowest BCUT2D eigenvalue weighted by Gasteiger charge is -2.19. The first kappa shape index (κ1) is 34.5. The van der Waals surface area contributed by atoms with Crippen LogP contribution >= 0.6 is 11.8 Å². The van der Waals surface area contributed by atoms with Crippen molar-refractivity contribution >= 4 is 46.9 Å². The molecule has 5 rings (SSSR count). The number of anilines is 2. The molecule has 5 aromatic rings. The molecule has 3 amide bonds. The molecule has 0 aliphatic carbocycles. The highest BCUT2D eigenvalue weighted by Crippen LogP contribution is 2.38. The molecule has 0 aromatic heterocycles. The third kappa shape index (κ3) is 8.97. The molecule has 1 atom stereocenters. The van der Waals surface area contributed by atoms with Crippen molar-refractivity contribution in [3.05, 3.63) is 155 Å². The zero-order valence-electron chi connectivity index (χ0n) is 27.7. The summed E-state index contributed by atoms with van der Waals surface area (Å²) in [7, 11) is 3.07. The molecular formula is C40H37N3O5S. The van der Waals surface area contributed by atoms with Gasteiger partial charge in [-0.3, -0.25) is 14.4 Å². The second-order valence-corrected chi connectivity index (χ2v) is 12.3. The topological polar surface area (TPSA) is 106 Å². The molecule has 0 aliphatic heterocycles. The lowest BCUT2D eigenvalue weighted by molar-refractivity contribution is -0.116. The van der Waals surface area contributed by atoms with Crippen LogP contribution in [0.4, 0.5) is 11.4 Å². The first-order valence-corrected chi connectivity index (χ1v) is 16.4. The smallest absolute Gasteiger partial charge is 0.272 e. The Morgan fingerprint density at radius 3 is 2.06 bits per heavy atom. The van der Waals surface area contributed by atoms with Crippen LogP contribution in [-0.4, -0.2) is 31.9 Å². The van der Waals surface area contributed by atoms with Crippen LogP contribution in [0.25, 0.3) is 6.08 Å². The zero-order chi connectivity index (χ0) is 34.8. The van der Waals surface area contributed by atoms with Gasteiger partial charge in [0.25, 0.3) is 11.8 Å². The van der Waals surface area contributed by atoms with E-state index >= 15 is 0 Å². The maximum atomic E-state index is 13.8. The molecule has 49 heavy (non-hydrogen) atoms. The number of hydrogen-bond acceptors (Lipinski definition) is 6. The molecule has 9 heteroatoms. The Balaban J connectivity index is 1.42. The number of para-hydroxylation sites is 1. The van der Waals surface area contributed by atoms with Gasteiger partial charge in [0.05, 0.1) is 14.2 Å². The lowest BCUT2D eigenvalue weighted by Crippen LogP contribution is -2.30. The van der Waals surface area contributed by atoms with Crippen LogP contribution in [0.1, 0.15) is 37.9 Å². The van der Waals surface area contributed by atoms with Crippen LogP contribution in [0.3, 0.4) is 0 Å². The van der Waals surface area contributed by atoms with E-state index in [1.54, 1.807) is 67.8 Å². The Kier molecular flexibility index (Phi) is 11.5. The van der Waals surface area contributed by atoms with Gasteiger partial charge in [0.15, 0.2) is 0 Å². The molecule has 0 fully saturated rings. The van der Waals surface area contributed by atoms with E-state index in [0.29, 0.717) is 28.3 Å². The van der Waals surface area contributed by atoms with E-state index in [1.807, 2.05) is 80.6 Å². The molecule has 0 heterocycles. The molecule has 1 unspecified atom stereocenters. The molecular weight excluding hydrogens is 635 g/mol. The highest BCUT2D eigenvalue weighted by molar-refractivity contribution is 8.00. The number of hydrogen-bond donors (Lipinski definition) is 3. The van der Waals surface area contributed by atoms with Gasteiger partial charge in [-0.2, -0.15) is 0 Å². The number of amides is 3. The monoisotopic (exact) mass is 671 g/mol. The number of aryl methyl sites for hydroxylation is 2. The average molecular weight is 672 g/mol. The van der Waals surface area contributed by atoms with Gasteiger partial charge in [-0.15, -0.1) is 11.8 Å². The van der Waals surface area contributed by atoms with Gasteiger partial charge < -0.3 is 25.4 Å². The quantitative estimate of drug-likeness (QED) is 0.0913. The maximum absolute atomic E-state index is 13.8. The lowest BCUT2D eigenvalue weighted by atomic mass is 10.1. The van der Waals surface area contributed by atoms with Crippen molar-refractivity contribution in [2.75, 3.05) is 24.9 Å². The third-order valence-electron chi connectivity index (χ3n) is 7.68. The van der Waals surface area contributed by atoms with Crippen molar-refractivity contribution < 1.29 is 23.9 Å². The SMILES string of the molecule is COc1ccc(/C=C(/NC(=O)c2ccccc2)C(=O)Nc2cccc(SC(C(=O)Nc3c(C)cccc3C)c3ccccc3)c2)c(OC)c1. The summed E-state index contributed by atoms with van der Waals surface area (Å²) in [4.78, 5) is 41.5.